The lowest BCUT2D eigenvalue weighted by atomic mass is 10.3. The quantitative estimate of drug-likeness (QED) is 0.649. The van der Waals surface area contributed by atoms with Crippen molar-refractivity contribution >= 4 is 48.9 Å². The zero-order valence-corrected chi connectivity index (χ0v) is 12.6. The number of hydrogen-bond acceptors (Lipinski definition) is 4. The van der Waals surface area contributed by atoms with E-state index in [-0.39, 0.29) is 15.7 Å². The van der Waals surface area contributed by atoms with Crippen LogP contribution in [0, 0.1) is 0 Å². The molecule has 1 heterocycles. The molecule has 1 aromatic heterocycles. The summed E-state index contributed by atoms with van der Waals surface area (Å²) in [6.07, 6.45) is 1.33. The summed E-state index contributed by atoms with van der Waals surface area (Å²) in [5.74, 6) is 0. The van der Waals surface area contributed by atoms with Crippen LogP contribution in [0.25, 0.3) is 0 Å². The molecule has 0 unspecified atom stereocenters. The van der Waals surface area contributed by atoms with Gasteiger partial charge in [0.05, 0.1) is 17.6 Å². The zero-order chi connectivity index (χ0) is 14.0. The van der Waals surface area contributed by atoms with Gasteiger partial charge in [-0.05, 0) is 30.3 Å². The first-order valence-electron chi connectivity index (χ1n) is 5.08. The van der Waals surface area contributed by atoms with Gasteiger partial charge in [-0.3, -0.25) is 4.72 Å². The predicted molar refractivity (Wildman–Crippen MR) is 78.6 cm³/mol. The zero-order valence-electron chi connectivity index (χ0n) is 9.47. The molecule has 3 N–H and O–H groups in total. The van der Waals surface area contributed by atoms with Crippen molar-refractivity contribution in [2.24, 2.45) is 0 Å². The molecule has 0 radical (unpaired) electrons. The molecule has 0 fully saturated rings. The molecule has 1 aromatic carbocycles. The SMILES string of the molecule is Nc1cc(Br)ccc1S(=O)(=O)Nc1ccc(Cl)nc1. The van der Waals surface area contributed by atoms with Crippen LogP contribution >= 0.6 is 27.5 Å². The minimum absolute atomic E-state index is 0.00523. The lowest BCUT2D eigenvalue weighted by molar-refractivity contribution is 0.601. The first-order chi connectivity index (χ1) is 8.88. The van der Waals surface area contributed by atoms with Crippen molar-refractivity contribution in [3.05, 3.63) is 46.2 Å². The molecule has 0 amide bonds. The summed E-state index contributed by atoms with van der Waals surface area (Å²) in [5, 5.41) is 0.283. The molecule has 0 aliphatic rings. The van der Waals surface area contributed by atoms with Crippen LogP contribution < -0.4 is 10.5 Å². The van der Waals surface area contributed by atoms with Crippen LogP contribution in [0.3, 0.4) is 0 Å². The summed E-state index contributed by atoms with van der Waals surface area (Å²) in [7, 11) is -3.75. The normalized spacial score (nSPS) is 11.3. The molecule has 0 saturated carbocycles. The largest absolute Gasteiger partial charge is 0.398 e. The maximum Gasteiger partial charge on any atom is 0.263 e. The van der Waals surface area contributed by atoms with Gasteiger partial charge in [-0.25, -0.2) is 13.4 Å². The molecule has 0 bridgehead atoms. The van der Waals surface area contributed by atoms with E-state index in [0.29, 0.717) is 10.2 Å². The fourth-order valence-electron chi connectivity index (χ4n) is 1.41. The van der Waals surface area contributed by atoms with E-state index >= 15 is 0 Å². The molecule has 19 heavy (non-hydrogen) atoms. The third kappa shape index (κ3) is 3.37. The molecule has 0 saturated heterocycles. The Hall–Kier alpha value is -1.31. The van der Waals surface area contributed by atoms with Crippen LogP contribution in [0.2, 0.25) is 5.15 Å². The third-order valence-corrected chi connectivity index (χ3v) is 4.41. The van der Waals surface area contributed by atoms with E-state index in [1.165, 1.54) is 30.5 Å². The van der Waals surface area contributed by atoms with E-state index in [2.05, 4.69) is 25.6 Å². The molecule has 0 atom stereocenters. The minimum Gasteiger partial charge on any atom is -0.398 e. The van der Waals surface area contributed by atoms with Crippen molar-refractivity contribution in [3.63, 3.8) is 0 Å². The number of pyridine rings is 1. The average Bonchev–Trinajstić information content (AvgIpc) is 2.31. The van der Waals surface area contributed by atoms with Crippen molar-refractivity contribution in [2.75, 3.05) is 10.5 Å². The Balaban J connectivity index is 2.35. The number of nitrogens with one attached hydrogen (secondary N) is 1. The first kappa shape index (κ1) is 14.1. The highest BCUT2D eigenvalue weighted by molar-refractivity contribution is 9.10. The fourth-order valence-corrected chi connectivity index (χ4v) is 3.06. The van der Waals surface area contributed by atoms with Crippen LogP contribution in [-0.2, 0) is 10.0 Å². The van der Waals surface area contributed by atoms with Gasteiger partial charge in [0.1, 0.15) is 10.0 Å². The second-order valence-corrected chi connectivity index (χ2v) is 6.61. The highest BCUT2D eigenvalue weighted by atomic mass is 79.9. The van der Waals surface area contributed by atoms with E-state index in [0.717, 1.165) is 0 Å². The smallest absolute Gasteiger partial charge is 0.263 e. The Morgan fingerprint density at radius 3 is 2.58 bits per heavy atom. The molecule has 5 nitrogen and oxygen atoms in total. The van der Waals surface area contributed by atoms with Gasteiger partial charge in [0.25, 0.3) is 10.0 Å². The number of sulfonamides is 1. The number of rotatable bonds is 3. The minimum atomic E-state index is -3.75. The van der Waals surface area contributed by atoms with E-state index in [4.69, 9.17) is 17.3 Å². The summed E-state index contributed by atoms with van der Waals surface area (Å²) in [5.41, 5.74) is 6.17. The molecular weight excluding hydrogens is 354 g/mol. The maximum atomic E-state index is 12.2. The third-order valence-electron chi connectivity index (χ3n) is 2.24. The second-order valence-electron chi connectivity index (χ2n) is 3.66. The lowest BCUT2D eigenvalue weighted by Crippen LogP contribution is -2.14. The summed E-state index contributed by atoms with van der Waals surface area (Å²) >= 11 is 8.85. The van der Waals surface area contributed by atoms with Crippen molar-refractivity contribution in [1.82, 2.24) is 4.98 Å². The molecule has 0 aliphatic carbocycles. The Labute approximate surface area is 124 Å². The van der Waals surface area contributed by atoms with Crippen molar-refractivity contribution in [2.45, 2.75) is 4.90 Å². The van der Waals surface area contributed by atoms with Crippen LogP contribution in [0.4, 0.5) is 11.4 Å². The van der Waals surface area contributed by atoms with Crippen LogP contribution in [0.5, 0.6) is 0 Å². The molecular formula is C11H9BrClN3O2S. The number of anilines is 2. The Bertz CT molecular complexity index is 704. The molecule has 2 aromatic rings. The number of aromatic nitrogens is 1. The van der Waals surface area contributed by atoms with E-state index < -0.39 is 10.0 Å². The number of nitrogens with two attached hydrogens (primary N) is 1. The number of benzene rings is 1. The van der Waals surface area contributed by atoms with Gasteiger partial charge < -0.3 is 5.73 Å². The lowest BCUT2D eigenvalue weighted by Gasteiger charge is -2.10. The van der Waals surface area contributed by atoms with Gasteiger partial charge in [-0.1, -0.05) is 27.5 Å². The van der Waals surface area contributed by atoms with Crippen LogP contribution in [-0.4, -0.2) is 13.4 Å². The monoisotopic (exact) mass is 361 g/mol. The summed E-state index contributed by atoms with van der Waals surface area (Å²) in [6.45, 7) is 0. The van der Waals surface area contributed by atoms with Crippen LogP contribution in [0.1, 0.15) is 0 Å². The van der Waals surface area contributed by atoms with Gasteiger partial charge >= 0.3 is 0 Å². The van der Waals surface area contributed by atoms with Gasteiger partial charge in [0.15, 0.2) is 0 Å². The summed E-state index contributed by atoms with van der Waals surface area (Å²) in [6, 6.07) is 7.55. The Morgan fingerprint density at radius 2 is 2.00 bits per heavy atom. The molecule has 100 valence electrons. The fraction of sp³-hybridized carbons (Fsp3) is 0. The predicted octanol–water partition coefficient (Wildman–Crippen LogP) is 2.88. The van der Waals surface area contributed by atoms with Gasteiger partial charge in [0.2, 0.25) is 0 Å². The highest BCUT2D eigenvalue weighted by Gasteiger charge is 2.17. The topological polar surface area (TPSA) is 85.1 Å². The van der Waals surface area contributed by atoms with Gasteiger partial charge in [0, 0.05) is 4.47 Å². The maximum absolute atomic E-state index is 12.2. The van der Waals surface area contributed by atoms with Gasteiger partial charge in [-0.2, -0.15) is 0 Å². The van der Waals surface area contributed by atoms with Crippen molar-refractivity contribution in [3.8, 4) is 0 Å². The molecule has 2 rings (SSSR count). The van der Waals surface area contributed by atoms with Crippen molar-refractivity contribution in [1.29, 1.82) is 0 Å². The molecule has 8 heteroatoms. The number of halogens is 2. The number of nitrogens with zero attached hydrogens (tertiary/aromatic N) is 1. The summed E-state index contributed by atoms with van der Waals surface area (Å²) < 4.78 is 27.4. The average molecular weight is 363 g/mol. The Morgan fingerprint density at radius 1 is 1.26 bits per heavy atom. The highest BCUT2D eigenvalue weighted by Crippen LogP contribution is 2.24. The standard InChI is InChI=1S/C11H9BrClN3O2S/c12-7-1-3-10(9(14)5-7)19(17,18)16-8-2-4-11(13)15-6-8/h1-6,16H,14H2. The van der Waals surface area contributed by atoms with Crippen molar-refractivity contribution < 1.29 is 8.42 Å². The van der Waals surface area contributed by atoms with E-state index in [1.807, 2.05) is 0 Å². The van der Waals surface area contributed by atoms with E-state index in [1.54, 1.807) is 6.07 Å². The van der Waals surface area contributed by atoms with E-state index in [9.17, 15) is 8.42 Å². The summed E-state index contributed by atoms with van der Waals surface area (Å²) in [4.78, 5) is 3.80. The number of nitrogen functional groups attached to an aromatic ring is 1. The molecule has 0 aliphatic heterocycles. The second kappa shape index (κ2) is 5.36. The number of hydrogen-bond donors (Lipinski definition) is 2. The van der Waals surface area contributed by atoms with Crippen LogP contribution in [0.15, 0.2) is 45.9 Å². The Kier molecular flexibility index (Phi) is 3.98. The molecule has 0 spiro atoms. The first-order valence-corrected chi connectivity index (χ1v) is 7.73. The van der Waals surface area contributed by atoms with Gasteiger partial charge in [-0.15, -0.1) is 0 Å².